The molecule has 0 aliphatic carbocycles. The second-order valence-corrected chi connectivity index (χ2v) is 6.09. The summed E-state index contributed by atoms with van der Waals surface area (Å²) in [5.74, 6) is 2.83. The summed E-state index contributed by atoms with van der Waals surface area (Å²) in [4.78, 5) is 4.18. The van der Waals surface area contributed by atoms with E-state index in [9.17, 15) is 0 Å². The maximum Gasteiger partial charge on any atom is 0.221 e. The van der Waals surface area contributed by atoms with Crippen LogP contribution in [0.15, 0.2) is 47.1 Å². The van der Waals surface area contributed by atoms with Crippen molar-refractivity contribution in [3.05, 3.63) is 59.8 Å². The van der Waals surface area contributed by atoms with Crippen molar-refractivity contribution >= 4 is 5.95 Å². The highest BCUT2D eigenvalue weighted by atomic mass is 16.5. The number of ether oxygens (including phenoxy) is 1. The molecule has 2 aromatic heterocycles. The van der Waals surface area contributed by atoms with E-state index in [1.165, 1.54) is 0 Å². The first-order valence-electron chi connectivity index (χ1n) is 8.94. The van der Waals surface area contributed by atoms with Gasteiger partial charge in [0.05, 0.1) is 19.4 Å². The first-order valence-corrected chi connectivity index (χ1v) is 8.94. The van der Waals surface area contributed by atoms with Gasteiger partial charge < -0.3 is 24.9 Å². The molecule has 1 aromatic carbocycles. The summed E-state index contributed by atoms with van der Waals surface area (Å²) < 4.78 is 12.7. The summed E-state index contributed by atoms with van der Waals surface area (Å²) in [5.41, 5.74) is 1.16. The Bertz CT molecular complexity index is 817. The van der Waals surface area contributed by atoms with Crippen LogP contribution < -0.4 is 15.4 Å². The molecule has 3 rings (SSSR count). The molecule has 0 atom stereocenters. The Hall–Kier alpha value is -2.84. The predicted octanol–water partition coefficient (Wildman–Crippen LogP) is 2.07. The maximum absolute atomic E-state index is 9.04. The topological polar surface area (TPSA) is 97.4 Å². The second kappa shape index (κ2) is 9.75. The van der Waals surface area contributed by atoms with E-state index < -0.39 is 0 Å². The molecule has 0 aliphatic rings. The van der Waals surface area contributed by atoms with Gasteiger partial charge in [0.15, 0.2) is 5.82 Å². The van der Waals surface area contributed by atoms with Gasteiger partial charge in [-0.15, -0.1) is 0 Å². The molecule has 0 unspecified atom stereocenters. The minimum Gasteiger partial charge on any atom is -0.494 e. The van der Waals surface area contributed by atoms with Crippen molar-refractivity contribution in [3.8, 4) is 5.75 Å². The third kappa shape index (κ3) is 5.83. The molecule has 144 valence electrons. The Kier molecular flexibility index (Phi) is 6.84. The number of furan rings is 1. The second-order valence-electron chi connectivity index (χ2n) is 6.09. The summed E-state index contributed by atoms with van der Waals surface area (Å²) in [6.07, 6.45) is 2.50. The van der Waals surface area contributed by atoms with Crippen molar-refractivity contribution in [3.63, 3.8) is 0 Å². The van der Waals surface area contributed by atoms with Crippen molar-refractivity contribution < 1.29 is 14.3 Å². The quantitative estimate of drug-likeness (QED) is 0.444. The number of hydrogen-bond donors (Lipinski definition) is 3. The van der Waals surface area contributed by atoms with Gasteiger partial charge in [0.2, 0.25) is 5.95 Å². The van der Waals surface area contributed by atoms with E-state index in [-0.39, 0.29) is 6.61 Å². The molecule has 8 nitrogen and oxygen atoms in total. The lowest BCUT2D eigenvalue weighted by molar-refractivity contribution is 0.271. The molecule has 0 fully saturated rings. The molecule has 0 amide bonds. The van der Waals surface area contributed by atoms with E-state index in [0.717, 1.165) is 30.0 Å². The number of aliphatic hydroxyl groups is 1. The van der Waals surface area contributed by atoms with E-state index in [1.807, 2.05) is 30.3 Å². The number of nitrogens with zero attached hydrogens (tertiary/aromatic N) is 3. The van der Waals surface area contributed by atoms with Gasteiger partial charge in [-0.3, -0.25) is 0 Å². The number of hydrogen-bond acceptors (Lipinski definition) is 7. The summed E-state index contributed by atoms with van der Waals surface area (Å²) >= 11 is 0. The van der Waals surface area contributed by atoms with Crippen LogP contribution in [0.4, 0.5) is 5.95 Å². The van der Waals surface area contributed by atoms with E-state index in [4.69, 9.17) is 14.3 Å². The molecule has 0 radical (unpaired) electrons. The van der Waals surface area contributed by atoms with Gasteiger partial charge in [-0.05, 0) is 36.2 Å². The molecule has 2 heterocycles. The molecule has 0 saturated carbocycles. The van der Waals surface area contributed by atoms with E-state index in [2.05, 4.69) is 26.8 Å². The van der Waals surface area contributed by atoms with Crippen LogP contribution in [0.1, 0.15) is 23.6 Å². The number of aromatic nitrogens is 3. The largest absolute Gasteiger partial charge is 0.494 e. The minimum atomic E-state index is -0.161. The van der Waals surface area contributed by atoms with Gasteiger partial charge in [0.1, 0.15) is 18.1 Å². The highest BCUT2D eigenvalue weighted by molar-refractivity contribution is 5.28. The number of nitrogens with one attached hydrogen (secondary N) is 2. The summed E-state index contributed by atoms with van der Waals surface area (Å²) in [6, 6.07) is 11.9. The van der Waals surface area contributed by atoms with E-state index >= 15 is 0 Å². The van der Waals surface area contributed by atoms with Crippen LogP contribution >= 0.6 is 0 Å². The van der Waals surface area contributed by atoms with Gasteiger partial charge in [0.25, 0.3) is 0 Å². The van der Waals surface area contributed by atoms with Crippen molar-refractivity contribution in [2.75, 3.05) is 18.5 Å². The first kappa shape index (κ1) is 18.9. The van der Waals surface area contributed by atoms with Gasteiger partial charge >= 0.3 is 0 Å². The zero-order valence-corrected chi connectivity index (χ0v) is 15.4. The summed E-state index contributed by atoms with van der Waals surface area (Å²) in [7, 11) is 1.79. The van der Waals surface area contributed by atoms with Crippen molar-refractivity contribution in [1.82, 2.24) is 20.1 Å². The number of benzene rings is 1. The van der Waals surface area contributed by atoms with Gasteiger partial charge in [-0.1, -0.05) is 12.1 Å². The molecular weight excluding hydrogens is 346 g/mol. The summed E-state index contributed by atoms with van der Waals surface area (Å²) in [6.45, 7) is 2.59. The third-order valence-electron chi connectivity index (χ3n) is 3.93. The maximum atomic E-state index is 9.04. The molecule has 0 spiro atoms. The Balaban J connectivity index is 1.36. The van der Waals surface area contributed by atoms with Crippen molar-refractivity contribution in [1.29, 1.82) is 0 Å². The number of aliphatic hydroxyl groups excluding tert-OH is 1. The van der Waals surface area contributed by atoms with Crippen molar-refractivity contribution in [2.24, 2.45) is 7.05 Å². The predicted molar refractivity (Wildman–Crippen MR) is 101 cm³/mol. The fourth-order valence-corrected chi connectivity index (χ4v) is 2.61. The molecule has 0 bridgehead atoms. The highest BCUT2D eigenvalue weighted by Crippen LogP contribution is 2.14. The Morgan fingerprint density at radius 3 is 2.93 bits per heavy atom. The van der Waals surface area contributed by atoms with Crippen LogP contribution in [-0.4, -0.2) is 33.0 Å². The van der Waals surface area contributed by atoms with Crippen LogP contribution in [0.2, 0.25) is 0 Å². The van der Waals surface area contributed by atoms with Crippen LogP contribution in [0, 0.1) is 0 Å². The molecule has 0 aliphatic heterocycles. The highest BCUT2D eigenvalue weighted by Gasteiger charge is 2.05. The Morgan fingerprint density at radius 1 is 1.22 bits per heavy atom. The van der Waals surface area contributed by atoms with Crippen LogP contribution in [0.25, 0.3) is 0 Å². The fourth-order valence-electron chi connectivity index (χ4n) is 2.61. The first-order chi connectivity index (χ1) is 13.2. The molecule has 8 heteroatoms. The molecule has 3 aromatic rings. The van der Waals surface area contributed by atoms with E-state index in [0.29, 0.717) is 31.5 Å². The number of aryl methyl sites for hydroxylation is 1. The average Bonchev–Trinajstić information content (AvgIpc) is 3.32. The van der Waals surface area contributed by atoms with Crippen molar-refractivity contribution in [2.45, 2.75) is 26.1 Å². The van der Waals surface area contributed by atoms with Gasteiger partial charge in [0, 0.05) is 20.1 Å². The monoisotopic (exact) mass is 371 g/mol. The smallest absolute Gasteiger partial charge is 0.221 e. The third-order valence-corrected chi connectivity index (χ3v) is 3.93. The van der Waals surface area contributed by atoms with Crippen LogP contribution in [0.5, 0.6) is 5.75 Å². The SMILES string of the molecule is Cn1nc(CO)nc1NCCCOc1cccc(CNCc2ccco2)c1. The van der Waals surface area contributed by atoms with Crippen LogP contribution in [0.3, 0.4) is 0 Å². The standard InChI is InChI=1S/C19H25N5O3/c1-24-19(22-18(14-25)23-24)21-8-4-10-26-16-6-2-5-15(11-16)12-20-13-17-7-3-9-27-17/h2-3,5-7,9,11,20,25H,4,8,10,12-14H2,1H3,(H,21,22,23). The number of rotatable bonds is 11. The lowest BCUT2D eigenvalue weighted by atomic mass is 10.2. The fraction of sp³-hybridized carbons (Fsp3) is 0.368. The minimum absolute atomic E-state index is 0.161. The normalized spacial score (nSPS) is 10.9. The zero-order chi connectivity index (χ0) is 18.9. The van der Waals surface area contributed by atoms with Gasteiger partial charge in [-0.2, -0.15) is 10.1 Å². The van der Waals surface area contributed by atoms with E-state index in [1.54, 1.807) is 18.0 Å². The van der Waals surface area contributed by atoms with Crippen LogP contribution in [-0.2, 0) is 26.7 Å². The Morgan fingerprint density at radius 2 is 2.15 bits per heavy atom. The lowest BCUT2D eigenvalue weighted by Gasteiger charge is -2.09. The molecular formula is C19H25N5O3. The molecule has 27 heavy (non-hydrogen) atoms. The number of anilines is 1. The lowest BCUT2D eigenvalue weighted by Crippen LogP contribution is -2.12. The Labute approximate surface area is 158 Å². The average molecular weight is 371 g/mol. The molecule has 3 N–H and O–H groups in total. The molecule has 0 saturated heterocycles. The summed E-state index contributed by atoms with van der Waals surface area (Å²) in [5, 5.41) is 19.6. The zero-order valence-electron chi connectivity index (χ0n) is 15.4. The van der Waals surface area contributed by atoms with Gasteiger partial charge in [-0.25, -0.2) is 4.68 Å².